The first kappa shape index (κ1) is 17.1. The van der Waals surface area contributed by atoms with Gasteiger partial charge < -0.3 is 19.1 Å². The highest BCUT2D eigenvalue weighted by atomic mass is 32.2. The van der Waals surface area contributed by atoms with Crippen molar-refractivity contribution in [3.05, 3.63) is 28.8 Å². The summed E-state index contributed by atoms with van der Waals surface area (Å²) in [5, 5.41) is 9.92. The molecule has 0 aromatic carbocycles. The highest BCUT2D eigenvalue weighted by Crippen LogP contribution is 2.19. The Morgan fingerprint density at radius 3 is 2.65 bits per heavy atom. The van der Waals surface area contributed by atoms with Gasteiger partial charge in [-0.1, -0.05) is 10.3 Å². The molecule has 0 aliphatic heterocycles. The van der Waals surface area contributed by atoms with Crippen molar-refractivity contribution < 1.29 is 23.4 Å². The largest absolute Gasteiger partial charge is 0.455 e. The average Bonchev–Trinajstić information content (AvgIpc) is 3.04. The Labute approximate surface area is 136 Å². The lowest BCUT2D eigenvalue weighted by Crippen LogP contribution is -2.21. The minimum absolute atomic E-state index is 0.139. The van der Waals surface area contributed by atoms with Gasteiger partial charge in [-0.25, -0.2) is 0 Å². The summed E-state index contributed by atoms with van der Waals surface area (Å²) in [6.45, 7) is 5.01. The van der Waals surface area contributed by atoms with Crippen LogP contribution in [0.25, 0.3) is 0 Å². The number of nitrogens with zero attached hydrogens (tertiary/aromatic N) is 2. The summed E-state index contributed by atoms with van der Waals surface area (Å²) < 4.78 is 14.7. The quantitative estimate of drug-likeness (QED) is 0.763. The molecule has 9 heteroatoms. The molecule has 0 saturated heterocycles. The van der Waals surface area contributed by atoms with Crippen molar-refractivity contribution in [3.63, 3.8) is 0 Å². The molecular formula is C14H17N3O5S. The summed E-state index contributed by atoms with van der Waals surface area (Å²) in [5.41, 5.74) is 1.78. The van der Waals surface area contributed by atoms with E-state index in [1.54, 1.807) is 13.0 Å². The number of anilines is 1. The van der Waals surface area contributed by atoms with E-state index in [1.807, 2.05) is 13.8 Å². The maximum absolute atomic E-state index is 11.6. The van der Waals surface area contributed by atoms with Crippen LogP contribution in [0.3, 0.4) is 0 Å². The number of nitrogens with one attached hydrogen (secondary N) is 1. The third-order valence-corrected chi connectivity index (χ3v) is 3.84. The predicted molar refractivity (Wildman–Crippen MR) is 83.0 cm³/mol. The van der Waals surface area contributed by atoms with Gasteiger partial charge in [0.25, 0.3) is 5.91 Å². The summed E-state index contributed by atoms with van der Waals surface area (Å²) in [6, 6.07) is 1.57. The Balaban J connectivity index is 1.66. The monoisotopic (exact) mass is 339 g/mol. The van der Waals surface area contributed by atoms with Gasteiger partial charge in [-0.15, -0.1) is 11.8 Å². The van der Waals surface area contributed by atoms with Crippen molar-refractivity contribution >= 4 is 29.5 Å². The van der Waals surface area contributed by atoms with Crippen LogP contribution in [0.5, 0.6) is 0 Å². The number of aryl methyl sites for hydroxylation is 3. The lowest BCUT2D eigenvalue weighted by Gasteiger charge is -2.04. The zero-order valence-electron chi connectivity index (χ0n) is 13.0. The van der Waals surface area contributed by atoms with Crippen molar-refractivity contribution in [1.29, 1.82) is 0 Å². The van der Waals surface area contributed by atoms with Crippen LogP contribution in [-0.4, -0.2) is 34.5 Å². The van der Waals surface area contributed by atoms with Gasteiger partial charge in [0.15, 0.2) is 12.4 Å². The fourth-order valence-corrected chi connectivity index (χ4v) is 2.70. The van der Waals surface area contributed by atoms with Crippen molar-refractivity contribution in [3.8, 4) is 0 Å². The van der Waals surface area contributed by atoms with Gasteiger partial charge in [0.1, 0.15) is 11.5 Å². The van der Waals surface area contributed by atoms with E-state index in [-0.39, 0.29) is 18.2 Å². The standard InChI is InChI=1S/C14H17N3O5S/c1-8-4-12(17-21-8)15-13(18)5-20-14(19)7-23-6-11-9(2)16-22-10(11)3/h4H,5-7H2,1-3H3,(H,15,17,18). The Morgan fingerprint density at radius 2 is 2.04 bits per heavy atom. The summed E-state index contributed by atoms with van der Waals surface area (Å²) >= 11 is 1.37. The molecule has 124 valence electrons. The Kier molecular flexibility index (Phi) is 5.80. The molecule has 0 spiro atoms. The molecular weight excluding hydrogens is 322 g/mol. The Bertz CT molecular complexity index is 675. The zero-order chi connectivity index (χ0) is 16.8. The van der Waals surface area contributed by atoms with Crippen LogP contribution in [0.1, 0.15) is 22.8 Å². The van der Waals surface area contributed by atoms with Gasteiger partial charge in [0.2, 0.25) is 0 Å². The molecule has 0 saturated carbocycles. The van der Waals surface area contributed by atoms with Crippen LogP contribution in [0.15, 0.2) is 15.1 Å². The second-order valence-electron chi connectivity index (χ2n) is 4.83. The minimum atomic E-state index is -0.470. The number of ether oxygens (including phenoxy) is 1. The smallest absolute Gasteiger partial charge is 0.316 e. The molecule has 8 nitrogen and oxygen atoms in total. The van der Waals surface area contributed by atoms with E-state index in [2.05, 4.69) is 15.6 Å². The van der Waals surface area contributed by atoms with E-state index in [1.165, 1.54) is 11.8 Å². The van der Waals surface area contributed by atoms with Gasteiger partial charge >= 0.3 is 5.97 Å². The Hall–Kier alpha value is -2.29. The molecule has 1 N–H and O–H groups in total. The molecule has 0 radical (unpaired) electrons. The molecule has 0 aliphatic rings. The van der Waals surface area contributed by atoms with E-state index in [0.717, 1.165) is 17.0 Å². The van der Waals surface area contributed by atoms with Crippen molar-refractivity contribution in [2.24, 2.45) is 0 Å². The average molecular weight is 339 g/mol. The van der Waals surface area contributed by atoms with E-state index < -0.39 is 11.9 Å². The van der Waals surface area contributed by atoms with E-state index in [0.29, 0.717) is 11.5 Å². The van der Waals surface area contributed by atoms with Crippen LogP contribution >= 0.6 is 11.8 Å². The first-order chi connectivity index (χ1) is 11.0. The molecule has 23 heavy (non-hydrogen) atoms. The van der Waals surface area contributed by atoms with Gasteiger partial charge in [-0.05, 0) is 20.8 Å². The summed E-state index contributed by atoms with van der Waals surface area (Å²) in [6.07, 6.45) is 0. The third-order valence-electron chi connectivity index (χ3n) is 2.91. The van der Waals surface area contributed by atoms with E-state index in [9.17, 15) is 9.59 Å². The Morgan fingerprint density at radius 1 is 1.26 bits per heavy atom. The summed E-state index contributed by atoms with van der Waals surface area (Å²) in [4.78, 5) is 23.2. The lowest BCUT2D eigenvalue weighted by atomic mass is 10.2. The second kappa shape index (κ2) is 7.82. The number of esters is 1. The lowest BCUT2D eigenvalue weighted by molar-refractivity contribution is -0.144. The van der Waals surface area contributed by atoms with Crippen molar-refractivity contribution in [2.75, 3.05) is 17.7 Å². The van der Waals surface area contributed by atoms with Crippen LogP contribution in [-0.2, 0) is 20.1 Å². The molecule has 2 heterocycles. The molecule has 0 bridgehead atoms. The number of aromatic nitrogens is 2. The SMILES string of the molecule is Cc1cc(NC(=O)COC(=O)CSCc2c(C)noc2C)no1. The maximum Gasteiger partial charge on any atom is 0.316 e. The minimum Gasteiger partial charge on any atom is -0.455 e. The van der Waals surface area contributed by atoms with Crippen LogP contribution in [0, 0.1) is 20.8 Å². The number of amides is 1. The molecule has 2 aromatic heterocycles. The number of rotatable bonds is 7. The summed E-state index contributed by atoms with van der Waals surface area (Å²) in [7, 11) is 0. The normalized spacial score (nSPS) is 10.6. The van der Waals surface area contributed by atoms with Gasteiger partial charge in [0.05, 0.1) is 11.4 Å². The van der Waals surface area contributed by atoms with E-state index in [4.69, 9.17) is 13.8 Å². The number of carbonyl (C=O) groups is 2. The molecule has 2 rings (SSSR count). The fourth-order valence-electron chi connectivity index (χ4n) is 1.74. The molecule has 0 unspecified atom stereocenters. The molecule has 0 fully saturated rings. The first-order valence-electron chi connectivity index (χ1n) is 6.84. The predicted octanol–water partition coefficient (Wildman–Crippen LogP) is 2.00. The van der Waals surface area contributed by atoms with Crippen molar-refractivity contribution in [1.82, 2.24) is 10.3 Å². The van der Waals surface area contributed by atoms with Gasteiger partial charge in [-0.3, -0.25) is 9.59 Å². The van der Waals surface area contributed by atoms with Gasteiger partial charge in [-0.2, -0.15) is 0 Å². The number of carbonyl (C=O) groups excluding carboxylic acids is 2. The molecule has 1 amide bonds. The molecule has 0 aliphatic carbocycles. The van der Waals surface area contributed by atoms with Gasteiger partial charge in [0, 0.05) is 17.4 Å². The van der Waals surface area contributed by atoms with Crippen LogP contribution in [0.4, 0.5) is 5.82 Å². The molecule has 2 aromatic rings. The first-order valence-corrected chi connectivity index (χ1v) is 7.99. The molecule has 0 atom stereocenters. The highest BCUT2D eigenvalue weighted by molar-refractivity contribution is 7.99. The van der Waals surface area contributed by atoms with Crippen LogP contribution in [0.2, 0.25) is 0 Å². The second-order valence-corrected chi connectivity index (χ2v) is 5.81. The van der Waals surface area contributed by atoms with E-state index >= 15 is 0 Å². The number of thioether (sulfide) groups is 1. The maximum atomic E-state index is 11.6. The van der Waals surface area contributed by atoms with Crippen LogP contribution < -0.4 is 5.32 Å². The van der Waals surface area contributed by atoms with Crippen molar-refractivity contribution in [2.45, 2.75) is 26.5 Å². The third kappa shape index (κ3) is 5.13. The highest BCUT2D eigenvalue weighted by Gasteiger charge is 2.12. The zero-order valence-corrected chi connectivity index (χ0v) is 13.9. The topological polar surface area (TPSA) is 107 Å². The number of hydrogen-bond acceptors (Lipinski definition) is 8. The fraction of sp³-hybridized carbons (Fsp3) is 0.429. The summed E-state index contributed by atoms with van der Waals surface area (Å²) in [5.74, 6) is 1.41. The number of hydrogen-bond donors (Lipinski definition) is 1.